The maximum atomic E-state index is 5.43. The van der Waals surface area contributed by atoms with Gasteiger partial charge in [0.05, 0.1) is 0 Å². The maximum absolute atomic E-state index is 5.43. The molecule has 0 radical (unpaired) electrons. The summed E-state index contributed by atoms with van der Waals surface area (Å²) in [4.78, 5) is 9.44. The van der Waals surface area contributed by atoms with Crippen LogP contribution in [0.4, 0.5) is 5.82 Å². The lowest BCUT2D eigenvalue weighted by molar-refractivity contribution is 0.0321. The van der Waals surface area contributed by atoms with Gasteiger partial charge in [-0.2, -0.15) is 0 Å². The van der Waals surface area contributed by atoms with Crippen LogP contribution in [0.15, 0.2) is 24.4 Å². The zero-order chi connectivity index (χ0) is 12.2. The van der Waals surface area contributed by atoms with E-state index in [1.54, 1.807) is 0 Å². The van der Waals surface area contributed by atoms with Crippen LogP contribution in [0.1, 0.15) is 12.8 Å². The second-order valence-electron chi connectivity index (χ2n) is 5.05. The van der Waals surface area contributed by atoms with E-state index in [1.165, 1.54) is 12.8 Å². The van der Waals surface area contributed by atoms with Crippen molar-refractivity contribution in [3.8, 4) is 0 Å². The molecule has 1 aromatic heterocycles. The molecule has 0 bridgehead atoms. The van der Waals surface area contributed by atoms with Crippen molar-refractivity contribution >= 4 is 5.82 Å². The Morgan fingerprint density at radius 3 is 2.50 bits per heavy atom. The first-order valence-electron chi connectivity index (χ1n) is 6.91. The number of piperazine rings is 1. The molecule has 0 N–H and O–H groups in total. The Balaban J connectivity index is 1.54. The number of ether oxygens (including phenoxy) is 1. The summed E-state index contributed by atoms with van der Waals surface area (Å²) < 4.78 is 5.43. The topological polar surface area (TPSA) is 28.6 Å². The van der Waals surface area contributed by atoms with Gasteiger partial charge in [-0.1, -0.05) is 6.07 Å². The predicted octanol–water partition coefficient (Wildman–Crippen LogP) is 1.38. The molecule has 4 heteroatoms. The molecule has 1 aromatic rings. The standard InChI is InChI=1S/C14H21N3O/c1-2-6-15-14(3-1)17-9-7-16(8-10-17)13-4-11-18-12-5-13/h1-3,6,13H,4-5,7-12H2. The third-order valence-electron chi connectivity index (χ3n) is 3.99. The molecule has 0 atom stereocenters. The van der Waals surface area contributed by atoms with Crippen molar-refractivity contribution in [2.45, 2.75) is 18.9 Å². The number of pyridine rings is 1. The first-order chi connectivity index (χ1) is 8.93. The average molecular weight is 247 g/mol. The van der Waals surface area contributed by atoms with Crippen LogP contribution < -0.4 is 4.90 Å². The summed E-state index contributed by atoms with van der Waals surface area (Å²) in [5.41, 5.74) is 0. The van der Waals surface area contributed by atoms with E-state index in [0.717, 1.165) is 51.3 Å². The van der Waals surface area contributed by atoms with Gasteiger partial charge in [-0.15, -0.1) is 0 Å². The molecule has 2 aliphatic rings. The minimum absolute atomic E-state index is 0.740. The van der Waals surface area contributed by atoms with Crippen molar-refractivity contribution < 1.29 is 4.74 Å². The fourth-order valence-corrected chi connectivity index (χ4v) is 2.91. The van der Waals surface area contributed by atoms with Crippen molar-refractivity contribution in [2.75, 3.05) is 44.3 Å². The van der Waals surface area contributed by atoms with Crippen molar-refractivity contribution in [3.05, 3.63) is 24.4 Å². The third-order valence-corrected chi connectivity index (χ3v) is 3.99. The molecule has 0 spiro atoms. The number of anilines is 1. The van der Waals surface area contributed by atoms with Crippen LogP contribution in [0.25, 0.3) is 0 Å². The van der Waals surface area contributed by atoms with Gasteiger partial charge in [-0.05, 0) is 25.0 Å². The van der Waals surface area contributed by atoms with Crippen molar-refractivity contribution in [3.63, 3.8) is 0 Å². The summed E-state index contributed by atoms with van der Waals surface area (Å²) in [6, 6.07) is 6.88. The molecular formula is C14H21N3O. The summed E-state index contributed by atoms with van der Waals surface area (Å²) in [5, 5.41) is 0. The van der Waals surface area contributed by atoms with Gasteiger partial charge < -0.3 is 9.64 Å². The normalized spacial score (nSPS) is 23.2. The van der Waals surface area contributed by atoms with Gasteiger partial charge in [-0.3, -0.25) is 4.90 Å². The number of rotatable bonds is 2. The average Bonchev–Trinajstić information content (AvgIpc) is 2.49. The van der Waals surface area contributed by atoms with Gasteiger partial charge in [0.25, 0.3) is 0 Å². The Hall–Kier alpha value is -1.13. The highest BCUT2D eigenvalue weighted by Gasteiger charge is 2.25. The molecule has 0 saturated carbocycles. The Morgan fingerprint density at radius 1 is 1.06 bits per heavy atom. The van der Waals surface area contributed by atoms with Crippen LogP contribution in [0.5, 0.6) is 0 Å². The van der Waals surface area contributed by atoms with Crippen molar-refractivity contribution in [1.82, 2.24) is 9.88 Å². The lowest BCUT2D eigenvalue weighted by Gasteiger charge is -2.41. The highest BCUT2D eigenvalue weighted by atomic mass is 16.5. The van der Waals surface area contributed by atoms with E-state index in [2.05, 4.69) is 26.9 Å². The number of hydrogen-bond acceptors (Lipinski definition) is 4. The molecule has 0 amide bonds. The molecule has 2 aliphatic heterocycles. The van der Waals surface area contributed by atoms with E-state index in [-0.39, 0.29) is 0 Å². The molecule has 0 unspecified atom stereocenters. The Labute approximate surface area is 109 Å². The minimum Gasteiger partial charge on any atom is -0.381 e. The van der Waals surface area contributed by atoms with E-state index in [1.807, 2.05) is 12.3 Å². The molecule has 3 rings (SSSR count). The van der Waals surface area contributed by atoms with Gasteiger partial charge in [0.15, 0.2) is 0 Å². The minimum atomic E-state index is 0.740. The third kappa shape index (κ3) is 2.65. The monoisotopic (exact) mass is 247 g/mol. The molecular weight excluding hydrogens is 226 g/mol. The van der Waals surface area contributed by atoms with E-state index >= 15 is 0 Å². The van der Waals surface area contributed by atoms with Crippen LogP contribution in [0, 0.1) is 0 Å². The number of hydrogen-bond donors (Lipinski definition) is 0. The zero-order valence-corrected chi connectivity index (χ0v) is 10.8. The van der Waals surface area contributed by atoms with E-state index in [9.17, 15) is 0 Å². The van der Waals surface area contributed by atoms with E-state index in [4.69, 9.17) is 4.74 Å². The Kier molecular flexibility index (Phi) is 3.76. The van der Waals surface area contributed by atoms with Crippen LogP contribution in [0.2, 0.25) is 0 Å². The number of nitrogens with zero attached hydrogens (tertiary/aromatic N) is 3. The second kappa shape index (κ2) is 5.67. The van der Waals surface area contributed by atoms with Crippen LogP contribution in [0.3, 0.4) is 0 Å². The molecule has 98 valence electrons. The molecule has 0 aromatic carbocycles. The first kappa shape index (κ1) is 11.9. The molecule has 3 heterocycles. The first-order valence-corrected chi connectivity index (χ1v) is 6.91. The highest BCUT2D eigenvalue weighted by Crippen LogP contribution is 2.18. The largest absolute Gasteiger partial charge is 0.381 e. The fourth-order valence-electron chi connectivity index (χ4n) is 2.91. The van der Waals surface area contributed by atoms with E-state index < -0.39 is 0 Å². The molecule has 0 aliphatic carbocycles. The predicted molar refractivity (Wildman–Crippen MR) is 71.9 cm³/mol. The summed E-state index contributed by atoms with van der Waals surface area (Å²) in [6.07, 6.45) is 4.27. The highest BCUT2D eigenvalue weighted by molar-refractivity contribution is 5.38. The summed E-state index contributed by atoms with van der Waals surface area (Å²) in [5.74, 6) is 1.11. The summed E-state index contributed by atoms with van der Waals surface area (Å²) in [6.45, 7) is 6.36. The van der Waals surface area contributed by atoms with Crippen LogP contribution in [-0.2, 0) is 4.74 Å². The molecule has 2 saturated heterocycles. The van der Waals surface area contributed by atoms with Gasteiger partial charge in [0.1, 0.15) is 5.82 Å². The lowest BCUT2D eigenvalue weighted by Crippen LogP contribution is -2.51. The molecule has 18 heavy (non-hydrogen) atoms. The second-order valence-corrected chi connectivity index (χ2v) is 5.05. The quantitative estimate of drug-likeness (QED) is 0.789. The SMILES string of the molecule is c1ccc(N2CCN(C3CCOCC3)CC2)nc1. The zero-order valence-electron chi connectivity index (χ0n) is 10.8. The van der Waals surface area contributed by atoms with Gasteiger partial charge in [-0.25, -0.2) is 4.98 Å². The smallest absolute Gasteiger partial charge is 0.128 e. The van der Waals surface area contributed by atoms with Gasteiger partial charge >= 0.3 is 0 Å². The van der Waals surface area contributed by atoms with Crippen molar-refractivity contribution in [2.24, 2.45) is 0 Å². The van der Waals surface area contributed by atoms with Crippen molar-refractivity contribution in [1.29, 1.82) is 0 Å². The van der Waals surface area contributed by atoms with Crippen LogP contribution >= 0.6 is 0 Å². The lowest BCUT2D eigenvalue weighted by atomic mass is 10.1. The molecule has 4 nitrogen and oxygen atoms in total. The van der Waals surface area contributed by atoms with Gasteiger partial charge in [0, 0.05) is 51.6 Å². The van der Waals surface area contributed by atoms with Gasteiger partial charge in [0.2, 0.25) is 0 Å². The Bertz CT molecular complexity index is 357. The number of aromatic nitrogens is 1. The molecule has 2 fully saturated rings. The fraction of sp³-hybridized carbons (Fsp3) is 0.643. The van der Waals surface area contributed by atoms with Crippen LogP contribution in [-0.4, -0.2) is 55.3 Å². The van der Waals surface area contributed by atoms with E-state index in [0.29, 0.717) is 0 Å². The maximum Gasteiger partial charge on any atom is 0.128 e. The summed E-state index contributed by atoms with van der Waals surface area (Å²) >= 11 is 0. The Morgan fingerprint density at radius 2 is 1.83 bits per heavy atom. The summed E-state index contributed by atoms with van der Waals surface area (Å²) in [7, 11) is 0.